The first kappa shape index (κ1) is 14.8. The molecule has 2 fully saturated rings. The Balaban J connectivity index is 1.89. The van der Waals surface area contributed by atoms with Gasteiger partial charge in [0.05, 0.1) is 13.0 Å². The maximum absolute atomic E-state index is 11.4. The number of rotatable bonds is 5. The summed E-state index contributed by atoms with van der Waals surface area (Å²) in [6.45, 7) is 1.18. The van der Waals surface area contributed by atoms with Crippen LogP contribution in [-0.2, 0) is 23.9 Å². The number of fused-ring (bicyclic) bond motifs is 1. The van der Waals surface area contributed by atoms with Crippen LogP contribution in [0.3, 0.4) is 0 Å². The maximum atomic E-state index is 11.4. The third kappa shape index (κ3) is 3.12. The van der Waals surface area contributed by atoms with Gasteiger partial charge in [0.25, 0.3) is 0 Å². The number of hydrogen-bond acceptors (Lipinski definition) is 5. The summed E-state index contributed by atoms with van der Waals surface area (Å²) in [4.78, 5) is 45.7. The molecule has 2 aliphatic heterocycles. The number of β-lactam (4-membered cyclic amide) rings is 1. The van der Waals surface area contributed by atoms with Crippen molar-refractivity contribution < 1.29 is 29.0 Å². The third-order valence-corrected chi connectivity index (χ3v) is 3.10. The van der Waals surface area contributed by atoms with Crippen LogP contribution in [0.1, 0.15) is 13.3 Å². The average Bonchev–Trinajstić information content (AvgIpc) is 2.69. The highest BCUT2D eigenvalue weighted by molar-refractivity contribution is 5.91. The van der Waals surface area contributed by atoms with Gasteiger partial charge in [-0.1, -0.05) is 0 Å². The van der Waals surface area contributed by atoms with Crippen LogP contribution in [0.15, 0.2) is 11.8 Å². The van der Waals surface area contributed by atoms with Crippen LogP contribution in [0.25, 0.3) is 0 Å². The minimum absolute atomic E-state index is 0.0479. The minimum Gasteiger partial charge on any atom is -0.479 e. The number of ether oxygens (including phenoxy) is 1. The first-order valence-corrected chi connectivity index (χ1v) is 6.32. The van der Waals surface area contributed by atoms with Crippen molar-refractivity contribution in [3.8, 4) is 0 Å². The number of carbonyl (C=O) groups excluding carboxylic acids is 3. The van der Waals surface area contributed by atoms with E-state index in [0.717, 1.165) is 4.90 Å². The Kier molecular flexibility index (Phi) is 4.10. The Morgan fingerprint density at radius 2 is 2.14 bits per heavy atom. The summed E-state index contributed by atoms with van der Waals surface area (Å²) in [6, 6.07) is -1.14. The predicted octanol–water partition coefficient (Wildman–Crippen LogP) is -1.84. The van der Waals surface area contributed by atoms with Crippen LogP contribution in [0.4, 0.5) is 0 Å². The Hall–Kier alpha value is -2.58. The molecule has 2 aliphatic rings. The summed E-state index contributed by atoms with van der Waals surface area (Å²) >= 11 is 0. The van der Waals surface area contributed by atoms with Gasteiger partial charge in [0.1, 0.15) is 5.76 Å². The Labute approximate surface area is 119 Å². The van der Waals surface area contributed by atoms with Crippen LogP contribution >= 0.6 is 0 Å². The van der Waals surface area contributed by atoms with Gasteiger partial charge < -0.3 is 20.5 Å². The summed E-state index contributed by atoms with van der Waals surface area (Å²) in [7, 11) is 0. The van der Waals surface area contributed by atoms with Crippen molar-refractivity contribution in [1.29, 1.82) is 0 Å². The molecule has 0 aromatic rings. The zero-order chi connectivity index (χ0) is 15.6. The summed E-state index contributed by atoms with van der Waals surface area (Å²) in [5.74, 6) is -2.05. The lowest BCUT2D eigenvalue weighted by Gasteiger charge is -2.33. The molecule has 0 aromatic carbocycles. The van der Waals surface area contributed by atoms with E-state index >= 15 is 0 Å². The first-order valence-electron chi connectivity index (χ1n) is 6.32. The van der Waals surface area contributed by atoms with Crippen molar-refractivity contribution in [2.75, 3.05) is 13.1 Å². The number of carboxylic acids is 1. The molecular formula is C12H15N3O6. The maximum Gasteiger partial charge on any atom is 0.334 e. The summed E-state index contributed by atoms with van der Waals surface area (Å²) in [5, 5.41) is 13.9. The Morgan fingerprint density at radius 3 is 2.71 bits per heavy atom. The lowest BCUT2D eigenvalue weighted by molar-refractivity contribution is -0.163. The fourth-order valence-corrected chi connectivity index (χ4v) is 2.10. The van der Waals surface area contributed by atoms with Crippen molar-refractivity contribution >= 4 is 23.7 Å². The highest BCUT2D eigenvalue weighted by Gasteiger charge is 2.53. The lowest BCUT2D eigenvalue weighted by atomic mass is 10.1. The molecule has 9 heteroatoms. The largest absolute Gasteiger partial charge is 0.479 e. The van der Waals surface area contributed by atoms with E-state index in [0.29, 0.717) is 0 Å². The molecule has 2 heterocycles. The van der Waals surface area contributed by atoms with E-state index in [-0.39, 0.29) is 37.1 Å². The van der Waals surface area contributed by atoms with Crippen molar-refractivity contribution in [1.82, 2.24) is 15.5 Å². The van der Waals surface area contributed by atoms with Gasteiger partial charge in [0, 0.05) is 13.5 Å². The van der Waals surface area contributed by atoms with Crippen LogP contribution in [0.2, 0.25) is 0 Å². The predicted molar refractivity (Wildman–Crippen MR) is 67.5 cm³/mol. The second-order valence-electron chi connectivity index (χ2n) is 4.64. The number of carboxylic acid groups (broad SMARTS) is 1. The van der Waals surface area contributed by atoms with Gasteiger partial charge in [-0.05, 0) is 6.08 Å². The smallest absolute Gasteiger partial charge is 0.334 e. The monoisotopic (exact) mass is 297 g/mol. The Bertz CT molecular complexity index is 529. The number of aliphatic carboxylic acids is 1. The molecule has 3 amide bonds. The Morgan fingerprint density at radius 1 is 1.43 bits per heavy atom. The third-order valence-electron chi connectivity index (χ3n) is 3.10. The highest BCUT2D eigenvalue weighted by atomic mass is 16.5. The molecule has 3 N–H and O–H groups in total. The van der Waals surface area contributed by atoms with Gasteiger partial charge in [0.2, 0.25) is 17.7 Å². The summed E-state index contributed by atoms with van der Waals surface area (Å²) in [5.41, 5.74) is 0. The average molecular weight is 297 g/mol. The molecule has 21 heavy (non-hydrogen) atoms. The van der Waals surface area contributed by atoms with E-state index in [9.17, 15) is 19.2 Å². The van der Waals surface area contributed by atoms with Crippen molar-refractivity contribution in [3.05, 3.63) is 11.8 Å². The number of nitrogens with one attached hydrogen (secondary N) is 2. The number of carbonyl (C=O) groups is 4. The van der Waals surface area contributed by atoms with Gasteiger partial charge >= 0.3 is 5.97 Å². The molecule has 114 valence electrons. The van der Waals surface area contributed by atoms with E-state index in [4.69, 9.17) is 9.84 Å². The molecule has 2 rings (SSSR count). The number of amides is 3. The van der Waals surface area contributed by atoms with E-state index in [1.54, 1.807) is 0 Å². The van der Waals surface area contributed by atoms with Crippen LogP contribution in [-0.4, -0.2) is 59.1 Å². The minimum atomic E-state index is -1.18. The van der Waals surface area contributed by atoms with Gasteiger partial charge in [-0.25, -0.2) is 4.79 Å². The van der Waals surface area contributed by atoms with Crippen LogP contribution in [0, 0.1) is 0 Å². The molecule has 9 nitrogen and oxygen atoms in total. The topological polar surface area (TPSA) is 125 Å². The van der Waals surface area contributed by atoms with Crippen molar-refractivity contribution in [3.63, 3.8) is 0 Å². The van der Waals surface area contributed by atoms with Gasteiger partial charge in [-0.2, -0.15) is 0 Å². The quantitative estimate of drug-likeness (QED) is 0.512. The zero-order valence-electron chi connectivity index (χ0n) is 11.3. The highest BCUT2D eigenvalue weighted by Crippen LogP contribution is 2.36. The second kappa shape index (κ2) is 5.81. The molecule has 0 unspecified atom stereocenters. The zero-order valence-corrected chi connectivity index (χ0v) is 11.3. The second-order valence-corrected chi connectivity index (χ2v) is 4.64. The molecule has 2 atom stereocenters. The fourth-order valence-electron chi connectivity index (χ4n) is 2.10. The van der Waals surface area contributed by atoms with Crippen LogP contribution < -0.4 is 10.6 Å². The van der Waals surface area contributed by atoms with Gasteiger partial charge in [0.15, 0.2) is 12.3 Å². The fraction of sp³-hybridized carbons (Fsp3) is 0.500. The molecule has 2 saturated heterocycles. The standard InChI is InChI=1S/C12H15N3O6/c1-6(16)14-5-8(17)13-3-2-7-11(12(19)20)15-9(18)4-10(15)21-7/h2,10-11H,3-5H2,1H3,(H,13,17)(H,14,16)(H,19,20)/b7-2+/t10-,11-/m0/s1. The van der Waals surface area contributed by atoms with Crippen LogP contribution in [0.5, 0.6) is 0 Å². The van der Waals surface area contributed by atoms with Crippen molar-refractivity contribution in [2.45, 2.75) is 25.6 Å². The van der Waals surface area contributed by atoms with Crippen molar-refractivity contribution in [2.24, 2.45) is 0 Å². The molecule has 0 aromatic heterocycles. The van der Waals surface area contributed by atoms with Gasteiger partial charge in [-0.15, -0.1) is 0 Å². The van der Waals surface area contributed by atoms with E-state index < -0.39 is 24.1 Å². The summed E-state index contributed by atoms with van der Waals surface area (Å²) in [6.07, 6.45) is 1.05. The lowest BCUT2D eigenvalue weighted by Crippen LogP contribution is -2.54. The van der Waals surface area contributed by atoms with E-state index in [1.165, 1.54) is 13.0 Å². The molecule has 0 aliphatic carbocycles. The number of hydrogen-bond donors (Lipinski definition) is 3. The molecule has 0 spiro atoms. The SMILES string of the molecule is CC(=O)NCC(=O)NC/C=C1/O[C@H]2CC(=O)N2[C@@H]1C(=O)O. The van der Waals surface area contributed by atoms with E-state index in [1.807, 2.05) is 0 Å². The number of nitrogens with zero attached hydrogens (tertiary/aromatic N) is 1. The normalized spacial score (nSPS) is 24.9. The molecular weight excluding hydrogens is 282 g/mol. The van der Waals surface area contributed by atoms with E-state index in [2.05, 4.69) is 10.6 Å². The summed E-state index contributed by atoms with van der Waals surface area (Å²) < 4.78 is 5.35. The van der Waals surface area contributed by atoms with Gasteiger partial charge in [-0.3, -0.25) is 19.3 Å². The molecule has 0 bridgehead atoms. The molecule has 0 radical (unpaired) electrons. The molecule has 0 saturated carbocycles. The first-order chi connectivity index (χ1) is 9.90.